The first-order valence-electron chi connectivity index (χ1n) is 37.4. The average Bonchev–Trinajstić information content (AvgIpc) is 1.53. The zero-order valence-corrected chi connectivity index (χ0v) is 70.1. The minimum atomic E-state index is -4.97. The van der Waals surface area contributed by atoms with E-state index in [1.165, 1.54) is 0 Å². The van der Waals surface area contributed by atoms with Gasteiger partial charge in [0.1, 0.15) is 29.2 Å². The highest BCUT2D eigenvalue weighted by molar-refractivity contribution is 7.86. The van der Waals surface area contributed by atoms with Crippen LogP contribution in [0.2, 0.25) is 38.3 Å². The number of aromatic nitrogens is 2. The first kappa shape index (κ1) is 87.0. The van der Waals surface area contributed by atoms with E-state index < -0.39 is 111 Å². The number of quaternary nitrogens is 2. The topological polar surface area (TPSA) is 439 Å². The van der Waals surface area contributed by atoms with Gasteiger partial charge in [-0.25, -0.2) is 30.0 Å². The molecule has 0 radical (unpaired) electrons. The van der Waals surface area contributed by atoms with Crippen LogP contribution in [0.4, 0.5) is 11.6 Å². The average molecular weight is 1690 g/mol. The van der Waals surface area contributed by atoms with Gasteiger partial charge in [-0.15, -0.1) is 0 Å². The number of carboxylic acids is 1. The van der Waals surface area contributed by atoms with Crippen molar-refractivity contribution < 1.29 is 106 Å². The Morgan fingerprint density at radius 1 is 0.369 bits per heavy atom. The Balaban J connectivity index is 1.14. The first-order chi connectivity index (χ1) is 52.4. The molecule has 6 aromatic rings. The number of aliphatic imine (C=N–C) groups is 4. The van der Waals surface area contributed by atoms with Crippen LogP contribution in [0.1, 0.15) is 106 Å². The molecule has 0 aliphatic carbocycles. The Hall–Kier alpha value is -6.37. The molecule has 0 saturated heterocycles. The highest BCUT2D eigenvalue weighted by atomic mass is 32.2. The Morgan fingerprint density at radius 3 is 0.991 bits per heavy atom. The first-order valence-corrected chi connectivity index (χ1v) is 53.4. The van der Waals surface area contributed by atoms with Crippen LogP contribution in [0.5, 0.6) is 0 Å². The number of carbonyl (C=O) groups is 1. The highest BCUT2D eigenvalue weighted by Crippen LogP contribution is 2.46. The maximum absolute atomic E-state index is 12.2. The van der Waals surface area contributed by atoms with Gasteiger partial charge in [-0.05, 0) is 115 Å². The molecule has 4 aliphatic rings. The molecule has 40 heteroatoms. The number of hydrogen-bond acceptors (Lipinski definition) is 22. The fourth-order valence-electron chi connectivity index (χ4n) is 15.1. The van der Waals surface area contributed by atoms with Gasteiger partial charge in [-0.2, -0.15) is 42.1 Å². The Kier molecular flexibility index (Phi) is 29.1. The molecule has 111 heavy (non-hydrogen) atoms. The number of hydrogen-bond donors (Lipinski definition) is 6. The number of nitrogens with zero attached hydrogens (tertiary/aromatic N) is 10. The van der Waals surface area contributed by atoms with Gasteiger partial charge in [-0.3, -0.25) is 36.0 Å². The molecule has 0 amide bonds. The number of ether oxygens (including phenoxy) is 3. The smallest absolute Gasteiger partial charge is 0.481 e. The van der Waals surface area contributed by atoms with E-state index in [1.807, 2.05) is 106 Å². The summed E-state index contributed by atoms with van der Waals surface area (Å²) in [5, 5.41) is 11.6. The SMILES string of the molecule is C[Si](C)(CCC[N+](CCCCS(=O)(=O)O)(CCCCS(=O)(=O)O)CCCCS(=O)(=O)O)O[Si]1(O[Si](C)(C)CCC[N+](CCCCS(=O)(=O)O)(CCCCS(=O)(=O)O)CCOCCOCCOCCC(=O)O)n2c3c4ccccc4c2N=C2N=C(N=c4c5ccccc5c(n41)=NC1=NC(=N3)c3ccccc31)c1ccccc12. The van der Waals surface area contributed by atoms with Gasteiger partial charge >= 0.3 is 14.9 Å². The van der Waals surface area contributed by atoms with Crippen molar-refractivity contribution in [3.63, 3.8) is 0 Å². The predicted molar refractivity (Wildman–Crippen MR) is 429 cm³/mol. The van der Waals surface area contributed by atoms with Crippen LogP contribution in [0.25, 0.3) is 21.5 Å². The highest BCUT2D eigenvalue weighted by Gasteiger charge is 2.58. The minimum absolute atomic E-state index is 0.0311. The van der Waals surface area contributed by atoms with E-state index in [0.717, 1.165) is 0 Å². The van der Waals surface area contributed by atoms with Crippen LogP contribution in [0.3, 0.4) is 0 Å². The second kappa shape index (κ2) is 37.1. The summed E-state index contributed by atoms with van der Waals surface area (Å²) in [6, 6.07) is 31.8. The normalized spacial score (nSPS) is 16.0. The molecule has 32 nitrogen and oxygen atoms in total. The molecule has 0 saturated carbocycles. The molecular weight excluding hydrogens is 1590 g/mol. The molecular formula is C71H102N10O22S5Si3+2. The van der Waals surface area contributed by atoms with Gasteiger partial charge in [0.25, 0.3) is 50.6 Å². The Morgan fingerprint density at radius 2 is 0.658 bits per heavy atom. The van der Waals surface area contributed by atoms with E-state index >= 15 is 0 Å². The lowest BCUT2D eigenvalue weighted by atomic mass is 10.1. The van der Waals surface area contributed by atoms with Crippen LogP contribution in [0, 0.1) is 0 Å². The Labute approximate surface area is 651 Å². The molecule has 0 spiro atoms. The summed E-state index contributed by atoms with van der Waals surface area (Å²) in [6.45, 7) is 12.3. The number of rotatable bonds is 49. The molecule has 0 fully saturated rings. The van der Waals surface area contributed by atoms with Gasteiger partial charge in [0, 0.05) is 43.8 Å². The molecule has 4 aromatic carbocycles. The van der Waals surface area contributed by atoms with Gasteiger partial charge < -0.3 is 36.5 Å². The Bertz CT molecular complexity index is 4930. The van der Waals surface area contributed by atoms with Crippen LogP contribution in [-0.2, 0) is 77.8 Å². The third kappa shape index (κ3) is 24.4. The molecule has 4 aliphatic heterocycles. The molecule has 2 aromatic heterocycles. The lowest BCUT2D eigenvalue weighted by molar-refractivity contribution is -0.929. The number of fused-ring (bicyclic) bond motifs is 14. The number of carboxylic acid groups (broad SMARTS) is 1. The molecule has 6 heterocycles. The zero-order chi connectivity index (χ0) is 80.1. The largest absolute Gasteiger partial charge is 0.582 e. The third-order valence-corrected chi connectivity index (χ3v) is 36.0. The number of benzene rings is 4. The van der Waals surface area contributed by atoms with Crippen molar-refractivity contribution in [2.24, 2.45) is 30.0 Å². The summed E-state index contributed by atoms with van der Waals surface area (Å²) in [7, 11) is -33.7. The van der Waals surface area contributed by atoms with Gasteiger partial charge in [0.15, 0.2) is 40.0 Å². The molecule has 1 unspecified atom stereocenters. The zero-order valence-electron chi connectivity index (χ0n) is 63.0. The lowest BCUT2D eigenvalue weighted by Crippen LogP contribution is -2.70. The van der Waals surface area contributed by atoms with E-state index in [9.17, 15) is 69.6 Å². The van der Waals surface area contributed by atoms with Gasteiger partial charge in [-0.1, -0.05) is 97.1 Å². The third-order valence-electron chi connectivity index (χ3n) is 20.3. The summed E-state index contributed by atoms with van der Waals surface area (Å²) in [5.41, 5.74) is 3.62. The van der Waals surface area contributed by atoms with Crippen molar-refractivity contribution in [3.8, 4) is 0 Å². The fraction of sp³-hybridized carbons (Fsp3) is 0.535. The van der Waals surface area contributed by atoms with Crippen LogP contribution >= 0.6 is 0 Å². The van der Waals surface area contributed by atoms with Gasteiger partial charge in [0.05, 0.1) is 121 Å². The van der Waals surface area contributed by atoms with Crippen molar-refractivity contribution in [3.05, 3.63) is 130 Å². The number of aliphatic carboxylic acids is 1. The standard InChI is InChI=1S/C71H100N10O22S5Si3/c1-109(2,53-23-39-80(34-13-18-48-104(84,85)86,35-14-19-49-105(87,88)89)36-15-20-50-106(90,91)92)102-111(103-110(3,4)54-24-40-81(37-16-21-51-107(93,94)95,38-17-22-52-108(96,97)98)41-43-100-45-47-101-46-44-99-42-33-63(82)83)78-68-59-29-9-10-30-60(59)70(78)76-66-57-27-7-8-28-58(57)67(73-66)77-71-62-32-12-11-31-61(62)69(79(71)111)75-65-56-26-6-5-25-55(56)64(72-65)74-68/h5-12,25-32H,13-24,33-54H2,1-4H3,(H4-2,82,83,84,85,86,87,88,89,90,91,92,93,94,95,96,97,98)/p+2. The molecule has 6 bridgehead atoms. The van der Waals surface area contributed by atoms with Crippen LogP contribution in [0.15, 0.2) is 127 Å². The van der Waals surface area contributed by atoms with E-state index in [0.29, 0.717) is 204 Å². The summed E-state index contributed by atoms with van der Waals surface area (Å²) >= 11 is 0. The monoisotopic (exact) mass is 1690 g/mol. The number of amidine groups is 4. The molecule has 1 atom stereocenters. The van der Waals surface area contributed by atoms with Gasteiger partial charge in [0.2, 0.25) is 0 Å². The van der Waals surface area contributed by atoms with Crippen LogP contribution < -0.4 is 11.0 Å². The molecule has 608 valence electrons. The maximum Gasteiger partial charge on any atom is 0.582 e. The van der Waals surface area contributed by atoms with Crippen LogP contribution in [-0.4, -0.2) is 263 Å². The lowest BCUT2D eigenvalue weighted by Gasteiger charge is -2.44. The maximum atomic E-state index is 12.2. The van der Waals surface area contributed by atoms with Crippen molar-refractivity contribution >= 4 is 139 Å². The van der Waals surface area contributed by atoms with Crippen molar-refractivity contribution in [2.75, 3.05) is 121 Å². The van der Waals surface area contributed by atoms with E-state index in [1.54, 1.807) is 0 Å². The minimum Gasteiger partial charge on any atom is -0.481 e. The number of unbranched alkanes of at least 4 members (excludes halogenated alkanes) is 5. The second-order valence-corrected chi connectivity index (χ2v) is 49.5. The fourth-order valence-corrected chi connectivity index (χ4v) is 30.5. The van der Waals surface area contributed by atoms with E-state index in [4.69, 9.17) is 57.5 Å². The quantitative estimate of drug-likeness (QED) is 0.00908. The predicted octanol–water partition coefficient (Wildman–Crippen LogP) is 8.09. The van der Waals surface area contributed by atoms with E-state index in [2.05, 4.69) is 26.2 Å². The van der Waals surface area contributed by atoms with E-state index in [-0.39, 0.29) is 82.6 Å². The summed E-state index contributed by atoms with van der Waals surface area (Å²) in [4.78, 5) is 44.2. The second-order valence-electron chi connectivity index (χ2n) is 30.0. The summed E-state index contributed by atoms with van der Waals surface area (Å²) in [5.74, 6) is -1.32. The summed E-state index contributed by atoms with van der Waals surface area (Å²) < 4.78 is 210. The molecule has 10 rings (SSSR count). The van der Waals surface area contributed by atoms with Crippen molar-refractivity contribution in [1.82, 2.24) is 8.47 Å². The summed E-state index contributed by atoms with van der Waals surface area (Å²) in [6.07, 6.45) is 2.73. The van der Waals surface area contributed by atoms with Crippen molar-refractivity contribution in [2.45, 2.75) is 122 Å². The molecule has 6 N–H and O–H groups in total. The van der Waals surface area contributed by atoms with Crippen molar-refractivity contribution in [1.29, 1.82) is 0 Å².